The third-order valence-corrected chi connectivity index (χ3v) is 6.91. The summed E-state index contributed by atoms with van der Waals surface area (Å²) in [5, 5.41) is 0. The lowest BCUT2D eigenvalue weighted by atomic mass is 10.2. The highest BCUT2D eigenvalue weighted by molar-refractivity contribution is 5.99. The Labute approximate surface area is 234 Å². The maximum absolute atomic E-state index is 13.6. The lowest BCUT2D eigenvalue weighted by Gasteiger charge is -2.24. The summed E-state index contributed by atoms with van der Waals surface area (Å²) in [7, 11) is 0. The van der Waals surface area contributed by atoms with Crippen molar-refractivity contribution in [1.29, 1.82) is 0 Å². The van der Waals surface area contributed by atoms with Gasteiger partial charge in [-0.3, -0.25) is 18.7 Å². The lowest BCUT2D eigenvalue weighted by molar-refractivity contribution is -0.122. The van der Waals surface area contributed by atoms with Crippen molar-refractivity contribution in [2.75, 3.05) is 36.0 Å². The van der Waals surface area contributed by atoms with E-state index >= 15 is 0 Å². The summed E-state index contributed by atoms with van der Waals surface area (Å²) >= 11 is 0. The number of benzene rings is 3. The molecule has 0 radical (unpaired) electrons. The van der Waals surface area contributed by atoms with Crippen molar-refractivity contribution in [1.82, 2.24) is 9.13 Å². The Morgan fingerprint density at radius 2 is 1.55 bits per heavy atom. The summed E-state index contributed by atoms with van der Waals surface area (Å²) in [5.74, 6) is -0.258. The molecule has 4 rings (SSSR count). The smallest absolute Gasteiger partial charge is 0.329 e. The molecule has 0 atom stereocenters. The number of amides is 2. The number of nitrogens with zero attached hydrogens (tertiary/aromatic N) is 4. The predicted octanol–water partition coefficient (Wildman–Crippen LogP) is 3.95. The van der Waals surface area contributed by atoms with Gasteiger partial charge < -0.3 is 20.3 Å². The van der Waals surface area contributed by atoms with Gasteiger partial charge in [-0.2, -0.15) is 0 Å². The van der Waals surface area contributed by atoms with Gasteiger partial charge in [0.25, 0.3) is 0 Å². The second-order valence-electron chi connectivity index (χ2n) is 9.66. The molecule has 0 aliphatic heterocycles. The number of carbonyl (C=O) groups is 2. The SMILES string of the molecule is CCN(CC)c1ccc(N(CC(N)=O)C(=O)Cn2c(=O)n(CCCOc3ccccc3)c3cc(C)ccc32)cc1. The Morgan fingerprint density at radius 1 is 0.875 bits per heavy atom. The van der Waals surface area contributed by atoms with E-state index in [1.807, 2.05) is 67.6 Å². The normalized spacial score (nSPS) is 11.0. The van der Waals surface area contributed by atoms with Crippen LogP contribution < -0.4 is 26.0 Å². The maximum Gasteiger partial charge on any atom is 0.329 e. The summed E-state index contributed by atoms with van der Waals surface area (Å²) in [6, 6.07) is 22.7. The number of aromatic nitrogens is 2. The highest BCUT2D eigenvalue weighted by atomic mass is 16.5. The monoisotopic (exact) mass is 543 g/mol. The number of rotatable bonds is 13. The summed E-state index contributed by atoms with van der Waals surface area (Å²) in [6.07, 6.45) is 0.614. The first-order valence-electron chi connectivity index (χ1n) is 13.6. The van der Waals surface area contributed by atoms with Gasteiger partial charge in [0, 0.05) is 31.0 Å². The van der Waals surface area contributed by atoms with E-state index in [1.54, 1.807) is 16.7 Å². The molecule has 3 aromatic carbocycles. The van der Waals surface area contributed by atoms with Crippen LogP contribution in [0.1, 0.15) is 25.8 Å². The fourth-order valence-corrected chi connectivity index (χ4v) is 4.86. The van der Waals surface area contributed by atoms with Crippen LogP contribution in [0.3, 0.4) is 0 Å². The van der Waals surface area contributed by atoms with E-state index in [-0.39, 0.29) is 18.8 Å². The molecular weight excluding hydrogens is 506 g/mol. The van der Waals surface area contributed by atoms with Crippen molar-refractivity contribution in [3.63, 3.8) is 0 Å². The van der Waals surface area contributed by atoms with Crippen molar-refractivity contribution in [2.45, 2.75) is 40.3 Å². The molecule has 1 heterocycles. The first kappa shape index (κ1) is 28.5. The third-order valence-electron chi connectivity index (χ3n) is 6.91. The zero-order chi connectivity index (χ0) is 28.6. The molecule has 9 heteroatoms. The number of anilines is 2. The number of hydrogen-bond donors (Lipinski definition) is 1. The molecule has 210 valence electrons. The summed E-state index contributed by atoms with van der Waals surface area (Å²) < 4.78 is 8.95. The Balaban J connectivity index is 1.58. The molecule has 0 aliphatic rings. The largest absolute Gasteiger partial charge is 0.494 e. The molecule has 4 aromatic rings. The van der Waals surface area contributed by atoms with Gasteiger partial charge in [0.1, 0.15) is 18.8 Å². The number of aryl methyl sites for hydroxylation is 2. The van der Waals surface area contributed by atoms with Crippen molar-refractivity contribution in [3.8, 4) is 5.75 Å². The summed E-state index contributed by atoms with van der Waals surface area (Å²) in [5.41, 5.74) is 9.20. The number of primary amides is 1. The molecule has 0 saturated carbocycles. The van der Waals surface area contributed by atoms with Crippen LogP contribution in [0, 0.1) is 6.92 Å². The Hall–Kier alpha value is -4.53. The van der Waals surface area contributed by atoms with Gasteiger partial charge >= 0.3 is 5.69 Å². The third kappa shape index (κ3) is 6.54. The number of hydrogen-bond acceptors (Lipinski definition) is 5. The highest BCUT2D eigenvalue weighted by Gasteiger charge is 2.22. The fourth-order valence-electron chi connectivity index (χ4n) is 4.86. The van der Waals surface area contributed by atoms with E-state index in [1.165, 1.54) is 9.47 Å². The van der Waals surface area contributed by atoms with E-state index in [4.69, 9.17) is 10.5 Å². The van der Waals surface area contributed by atoms with Crippen molar-refractivity contribution in [2.24, 2.45) is 5.73 Å². The zero-order valence-corrected chi connectivity index (χ0v) is 23.4. The van der Waals surface area contributed by atoms with E-state index in [0.717, 1.165) is 35.6 Å². The van der Waals surface area contributed by atoms with Crippen LogP contribution in [-0.4, -0.2) is 47.2 Å². The lowest BCUT2D eigenvalue weighted by Crippen LogP contribution is -2.41. The molecule has 0 fully saturated rings. The molecule has 2 amide bonds. The van der Waals surface area contributed by atoms with Crippen molar-refractivity contribution < 1.29 is 14.3 Å². The van der Waals surface area contributed by atoms with Crippen LogP contribution >= 0.6 is 0 Å². The predicted molar refractivity (Wildman–Crippen MR) is 159 cm³/mol. The molecule has 9 nitrogen and oxygen atoms in total. The van der Waals surface area contributed by atoms with Gasteiger partial charge in [0.15, 0.2) is 0 Å². The maximum atomic E-state index is 13.6. The van der Waals surface area contributed by atoms with Crippen LogP contribution in [0.15, 0.2) is 77.6 Å². The number of imidazole rings is 1. The molecule has 0 saturated heterocycles. The Morgan fingerprint density at radius 3 is 2.20 bits per heavy atom. The van der Waals surface area contributed by atoms with Crippen LogP contribution in [-0.2, 0) is 22.7 Å². The van der Waals surface area contributed by atoms with Crippen LogP contribution in [0.2, 0.25) is 0 Å². The van der Waals surface area contributed by atoms with Gasteiger partial charge in [-0.05, 0) is 81.3 Å². The van der Waals surface area contributed by atoms with E-state index in [9.17, 15) is 14.4 Å². The van der Waals surface area contributed by atoms with Crippen LogP contribution in [0.5, 0.6) is 5.75 Å². The fraction of sp³-hybridized carbons (Fsp3) is 0.323. The molecule has 2 N–H and O–H groups in total. The van der Waals surface area contributed by atoms with Gasteiger partial charge in [0.05, 0.1) is 17.6 Å². The number of nitrogens with two attached hydrogens (primary N) is 1. The highest BCUT2D eigenvalue weighted by Crippen LogP contribution is 2.22. The second-order valence-corrected chi connectivity index (χ2v) is 9.66. The van der Waals surface area contributed by atoms with E-state index < -0.39 is 11.8 Å². The molecule has 1 aromatic heterocycles. The minimum Gasteiger partial charge on any atom is -0.494 e. The first-order valence-corrected chi connectivity index (χ1v) is 13.6. The first-order chi connectivity index (χ1) is 19.3. The van der Waals surface area contributed by atoms with Gasteiger partial charge in [-0.1, -0.05) is 24.3 Å². The number of fused-ring (bicyclic) bond motifs is 1. The Kier molecular flexibility index (Phi) is 9.27. The molecular formula is C31H37N5O4. The minimum absolute atomic E-state index is 0.225. The number of ether oxygens (including phenoxy) is 1. The van der Waals surface area contributed by atoms with Crippen molar-refractivity contribution >= 4 is 34.2 Å². The topological polar surface area (TPSA) is 103 Å². The molecule has 40 heavy (non-hydrogen) atoms. The quantitative estimate of drug-likeness (QED) is 0.257. The molecule has 0 bridgehead atoms. The van der Waals surface area contributed by atoms with Gasteiger partial charge in [-0.25, -0.2) is 4.79 Å². The van der Waals surface area contributed by atoms with E-state index in [2.05, 4.69) is 18.7 Å². The molecule has 0 aliphatic carbocycles. The van der Waals surface area contributed by atoms with Crippen molar-refractivity contribution in [3.05, 3.63) is 88.8 Å². The average molecular weight is 544 g/mol. The summed E-state index contributed by atoms with van der Waals surface area (Å²) in [4.78, 5) is 42.6. The number of carbonyl (C=O) groups excluding carboxylic acids is 2. The van der Waals surface area contributed by atoms with Crippen LogP contribution in [0.25, 0.3) is 11.0 Å². The van der Waals surface area contributed by atoms with Crippen LogP contribution in [0.4, 0.5) is 11.4 Å². The average Bonchev–Trinajstić information content (AvgIpc) is 3.20. The minimum atomic E-state index is -0.634. The summed E-state index contributed by atoms with van der Waals surface area (Å²) in [6.45, 7) is 8.19. The standard InChI is InChI=1S/C31H37N5O4/c1-4-33(5-2)24-13-15-25(16-14-24)35(21-29(32)37)30(38)22-36-27-17-12-23(3)20-28(27)34(31(36)39)18-9-19-40-26-10-7-6-8-11-26/h6-8,10-17,20H,4-5,9,18-19,21-22H2,1-3H3,(H2,32,37). The number of para-hydroxylation sites is 1. The molecule has 0 spiro atoms. The van der Waals surface area contributed by atoms with Gasteiger partial charge in [0.2, 0.25) is 11.8 Å². The second kappa shape index (κ2) is 13.0. The molecule has 0 unspecified atom stereocenters. The Bertz CT molecular complexity index is 1500. The zero-order valence-electron chi connectivity index (χ0n) is 23.4. The van der Waals surface area contributed by atoms with E-state index in [0.29, 0.717) is 30.8 Å². The van der Waals surface area contributed by atoms with Gasteiger partial charge in [-0.15, -0.1) is 0 Å².